The summed E-state index contributed by atoms with van der Waals surface area (Å²) in [4.78, 5) is 12.5. The molecule has 0 saturated heterocycles. The first-order chi connectivity index (χ1) is 9.10. The molecule has 2 rings (SSSR count). The molecule has 4 nitrogen and oxygen atoms in total. The van der Waals surface area contributed by atoms with Gasteiger partial charge in [-0.25, -0.2) is 15.0 Å². The second-order valence-electron chi connectivity index (χ2n) is 3.78. The standard InChI is InChI=1S/C11H12Cl2N4S2/c1-3-8-15-11(19-17-8)18-5-4-7-6(2)14-10(13)16-9(7)12/h3-5H2,1-2H3. The second-order valence-corrected chi connectivity index (χ2v) is 6.57. The average Bonchev–Trinajstić information content (AvgIpc) is 2.80. The van der Waals surface area contributed by atoms with E-state index in [4.69, 9.17) is 23.2 Å². The van der Waals surface area contributed by atoms with Crippen molar-refractivity contribution in [1.82, 2.24) is 19.3 Å². The van der Waals surface area contributed by atoms with Gasteiger partial charge in [0.15, 0.2) is 4.34 Å². The zero-order valence-corrected chi connectivity index (χ0v) is 13.6. The average molecular weight is 335 g/mol. The van der Waals surface area contributed by atoms with E-state index < -0.39 is 0 Å². The SMILES string of the molecule is CCc1nsc(SCCc2c(C)nc(Cl)nc2Cl)n1. The van der Waals surface area contributed by atoms with Crippen molar-refractivity contribution >= 4 is 46.5 Å². The minimum Gasteiger partial charge on any atom is -0.223 e. The predicted molar refractivity (Wildman–Crippen MR) is 80.5 cm³/mol. The van der Waals surface area contributed by atoms with Gasteiger partial charge in [0.05, 0.1) is 0 Å². The van der Waals surface area contributed by atoms with E-state index in [0.717, 1.165) is 40.0 Å². The predicted octanol–water partition coefficient (Wildman–Crippen LogP) is 3.84. The Morgan fingerprint density at radius 3 is 2.63 bits per heavy atom. The third-order valence-corrected chi connectivity index (χ3v) is 4.83. The molecule has 0 fully saturated rings. The first-order valence-electron chi connectivity index (χ1n) is 5.74. The molecule has 0 bridgehead atoms. The van der Waals surface area contributed by atoms with Crippen LogP contribution in [0.25, 0.3) is 0 Å². The first-order valence-corrected chi connectivity index (χ1v) is 8.25. The maximum absolute atomic E-state index is 6.07. The van der Waals surface area contributed by atoms with Gasteiger partial charge in [0, 0.05) is 23.4 Å². The largest absolute Gasteiger partial charge is 0.224 e. The summed E-state index contributed by atoms with van der Waals surface area (Å²) in [6, 6.07) is 0. The van der Waals surface area contributed by atoms with Gasteiger partial charge in [-0.05, 0) is 36.5 Å². The number of aromatic nitrogens is 4. The van der Waals surface area contributed by atoms with Gasteiger partial charge in [-0.2, -0.15) is 4.37 Å². The zero-order valence-electron chi connectivity index (χ0n) is 10.5. The molecular weight excluding hydrogens is 323 g/mol. The maximum atomic E-state index is 6.07. The highest BCUT2D eigenvalue weighted by atomic mass is 35.5. The normalized spacial score (nSPS) is 10.9. The number of thioether (sulfide) groups is 1. The van der Waals surface area contributed by atoms with Crippen molar-refractivity contribution in [2.45, 2.75) is 31.0 Å². The zero-order chi connectivity index (χ0) is 13.8. The van der Waals surface area contributed by atoms with Crippen LogP contribution < -0.4 is 0 Å². The van der Waals surface area contributed by atoms with Crippen LogP contribution in [0.15, 0.2) is 4.34 Å². The van der Waals surface area contributed by atoms with Crippen LogP contribution in [0, 0.1) is 6.92 Å². The lowest BCUT2D eigenvalue weighted by molar-refractivity contribution is 0.969. The quantitative estimate of drug-likeness (QED) is 0.472. The highest BCUT2D eigenvalue weighted by molar-refractivity contribution is 8.00. The Morgan fingerprint density at radius 2 is 2.00 bits per heavy atom. The van der Waals surface area contributed by atoms with Gasteiger partial charge in [0.25, 0.3) is 0 Å². The summed E-state index contributed by atoms with van der Waals surface area (Å²) in [5.74, 6) is 1.76. The summed E-state index contributed by atoms with van der Waals surface area (Å²) < 4.78 is 5.24. The first kappa shape index (κ1) is 15.0. The summed E-state index contributed by atoms with van der Waals surface area (Å²) in [7, 11) is 0. The number of hydrogen-bond acceptors (Lipinski definition) is 6. The van der Waals surface area contributed by atoms with Gasteiger partial charge in [-0.15, -0.1) is 0 Å². The van der Waals surface area contributed by atoms with Crippen molar-refractivity contribution in [3.8, 4) is 0 Å². The molecule has 0 N–H and O–H groups in total. The molecule has 19 heavy (non-hydrogen) atoms. The fourth-order valence-electron chi connectivity index (χ4n) is 1.49. The van der Waals surface area contributed by atoms with E-state index in [9.17, 15) is 0 Å². The summed E-state index contributed by atoms with van der Waals surface area (Å²) in [5, 5.41) is 0.625. The maximum Gasteiger partial charge on any atom is 0.224 e. The third-order valence-electron chi connectivity index (χ3n) is 2.48. The van der Waals surface area contributed by atoms with Gasteiger partial charge in [-0.3, -0.25) is 0 Å². The summed E-state index contributed by atoms with van der Waals surface area (Å²) >= 11 is 14.9. The van der Waals surface area contributed by atoms with Crippen molar-refractivity contribution in [2.75, 3.05) is 5.75 Å². The van der Waals surface area contributed by atoms with Crippen molar-refractivity contribution in [1.29, 1.82) is 0 Å². The molecule has 2 heterocycles. The van der Waals surface area contributed by atoms with E-state index in [1.54, 1.807) is 11.8 Å². The fraction of sp³-hybridized carbons (Fsp3) is 0.455. The minimum atomic E-state index is 0.190. The highest BCUT2D eigenvalue weighted by Gasteiger charge is 2.10. The Balaban J connectivity index is 1.96. The molecule has 0 atom stereocenters. The fourth-order valence-corrected chi connectivity index (χ4v) is 3.78. The second kappa shape index (κ2) is 6.83. The molecule has 0 amide bonds. The van der Waals surface area contributed by atoms with Crippen molar-refractivity contribution in [2.24, 2.45) is 0 Å². The van der Waals surface area contributed by atoms with Gasteiger partial charge in [0.2, 0.25) is 5.28 Å². The van der Waals surface area contributed by atoms with Crippen LogP contribution in [-0.2, 0) is 12.8 Å². The van der Waals surface area contributed by atoms with Gasteiger partial charge in [0.1, 0.15) is 11.0 Å². The van der Waals surface area contributed by atoms with E-state index in [1.807, 2.05) is 13.8 Å². The Hall–Kier alpha value is -0.430. The molecule has 0 aromatic carbocycles. The lowest BCUT2D eigenvalue weighted by Gasteiger charge is -2.06. The van der Waals surface area contributed by atoms with E-state index in [-0.39, 0.29) is 5.28 Å². The molecule has 2 aromatic rings. The van der Waals surface area contributed by atoms with E-state index in [0.29, 0.717) is 5.15 Å². The van der Waals surface area contributed by atoms with Crippen LogP contribution in [0.3, 0.4) is 0 Å². The van der Waals surface area contributed by atoms with Crippen molar-refractivity contribution in [3.05, 3.63) is 27.5 Å². The Labute approximate surface area is 130 Å². The van der Waals surface area contributed by atoms with Crippen molar-refractivity contribution < 1.29 is 0 Å². The Kier molecular flexibility index (Phi) is 5.38. The molecule has 0 aliphatic carbocycles. The van der Waals surface area contributed by atoms with Gasteiger partial charge in [-0.1, -0.05) is 30.3 Å². The number of rotatable bonds is 5. The molecule has 2 aromatic heterocycles. The Morgan fingerprint density at radius 1 is 1.21 bits per heavy atom. The minimum absolute atomic E-state index is 0.190. The topological polar surface area (TPSA) is 51.6 Å². The number of nitrogens with zero attached hydrogens (tertiary/aromatic N) is 4. The summed E-state index contributed by atoms with van der Waals surface area (Å²) in [6.07, 6.45) is 1.65. The lowest BCUT2D eigenvalue weighted by atomic mass is 10.2. The molecular formula is C11H12Cl2N4S2. The number of halogens is 2. The Bertz CT molecular complexity index is 551. The summed E-state index contributed by atoms with van der Waals surface area (Å²) in [6.45, 7) is 3.93. The molecule has 0 spiro atoms. The van der Waals surface area contributed by atoms with E-state index in [1.165, 1.54) is 11.5 Å². The van der Waals surface area contributed by atoms with E-state index in [2.05, 4.69) is 19.3 Å². The summed E-state index contributed by atoms with van der Waals surface area (Å²) in [5.41, 5.74) is 1.77. The van der Waals surface area contributed by atoms with Crippen LogP contribution in [-0.4, -0.2) is 25.1 Å². The van der Waals surface area contributed by atoms with Gasteiger partial charge < -0.3 is 0 Å². The third kappa shape index (κ3) is 4.02. The molecule has 0 aliphatic heterocycles. The number of aryl methyl sites for hydroxylation is 2. The number of hydrogen-bond donors (Lipinski definition) is 0. The molecule has 102 valence electrons. The molecule has 0 radical (unpaired) electrons. The molecule has 0 unspecified atom stereocenters. The molecule has 0 saturated carbocycles. The van der Waals surface area contributed by atoms with Crippen LogP contribution in [0.2, 0.25) is 10.4 Å². The monoisotopic (exact) mass is 334 g/mol. The van der Waals surface area contributed by atoms with Crippen LogP contribution in [0.4, 0.5) is 0 Å². The smallest absolute Gasteiger partial charge is 0.223 e. The van der Waals surface area contributed by atoms with Crippen molar-refractivity contribution in [3.63, 3.8) is 0 Å². The van der Waals surface area contributed by atoms with E-state index >= 15 is 0 Å². The van der Waals surface area contributed by atoms with Crippen LogP contribution >= 0.6 is 46.5 Å². The molecule has 8 heteroatoms. The van der Waals surface area contributed by atoms with Crippen LogP contribution in [0.1, 0.15) is 24.0 Å². The van der Waals surface area contributed by atoms with Crippen LogP contribution in [0.5, 0.6) is 0 Å². The highest BCUT2D eigenvalue weighted by Crippen LogP contribution is 2.24. The molecule has 0 aliphatic rings. The lowest BCUT2D eigenvalue weighted by Crippen LogP contribution is -1.99. The van der Waals surface area contributed by atoms with Gasteiger partial charge >= 0.3 is 0 Å².